The van der Waals surface area contributed by atoms with Crippen LogP contribution in [0.5, 0.6) is 0 Å². The van der Waals surface area contributed by atoms with Crippen molar-refractivity contribution < 1.29 is 13.6 Å². The molecule has 3 fully saturated rings. The number of hydrogen-bond acceptors (Lipinski definition) is 5. The SMILES string of the molecule is O=C(NCCN1CCCC1)c1cn2c3cc4c(cc3oc3c(C5CC6CCCCCC6C5)c(F)cc(c1=O)c32)c(=O)c1ccccc14. The number of carbonyl (C=O) groups is 1. The molecule has 2 atom stereocenters. The van der Waals surface area contributed by atoms with Gasteiger partial charge in [0.25, 0.3) is 5.91 Å². The lowest BCUT2D eigenvalue weighted by atomic mass is 9.92. The van der Waals surface area contributed by atoms with Gasteiger partial charge < -0.3 is 19.0 Å². The van der Waals surface area contributed by atoms with E-state index in [4.69, 9.17) is 4.42 Å². The molecule has 7 nitrogen and oxygen atoms in total. The van der Waals surface area contributed by atoms with Gasteiger partial charge in [-0.25, -0.2) is 4.39 Å². The summed E-state index contributed by atoms with van der Waals surface area (Å²) in [6, 6.07) is 12.5. The van der Waals surface area contributed by atoms with Crippen LogP contribution in [0.25, 0.3) is 49.1 Å². The van der Waals surface area contributed by atoms with Gasteiger partial charge >= 0.3 is 0 Å². The summed E-state index contributed by atoms with van der Waals surface area (Å²) < 4.78 is 24.9. The van der Waals surface area contributed by atoms with E-state index >= 15 is 4.39 Å². The molecule has 3 heterocycles. The number of nitrogens with one attached hydrogen (secondary N) is 1. The fourth-order valence-corrected chi connectivity index (χ4v) is 9.27. The van der Waals surface area contributed by atoms with Crippen LogP contribution in [-0.2, 0) is 0 Å². The third kappa shape index (κ3) is 4.59. The molecule has 240 valence electrons. The Morgan fingerprint density at radius 3 is 2.36 bits per heavy atom. The summed E-state index contributed by atoms with van der Waals surface area (Å²) in [4.78, 5) is 43.4. The number of likely N-dealkylation sites (tertiary alicyclic amines) is 1. The minimum Gasteiger partial charge on any atom is -0.452 e. The first-order chi connectivity index (χ1) is 23.0. The van der Waals surface area contributed by atoms with Crippen LogP contribution >= 0.6 is 0 Å². The number of carbonyl (C=O) groups excluding carboxylic acids is 1. The molecule has 2 saturated carbocycles. The number of rotatable bonds is 5. The van der Waals surface area contributed by atoms with Crippen LogP contribution in [0.2, 0.25) is 0 Å². The first-order valence-corrected chi connectivity index (χ1v) is 17.4. The molecule has 0 bridgehead atoms. The standard InChI is InChI=1S/C39H38FN3O4/c40-31-18-29-35-38(34(31)24-16-22-8-2-1-3-9-23(22)17-24)47-33-20-28-27(25-10-4-5-11-26(25)36(28)44)19-32(33)43(35)21-30(37(29)45)39(46)41-12-15-42-13-6-7-14-42/h4-5,10-11,18-24H,1-3,6-9,12-17H2,(H,41,46). The molecule has 1 aliphatic heterocycles. The third-order valence-electron chi connectivity index (χ3n) is 11.6. The van der Waals surface area contributed by atoms with Crippen molar-refractivity contribution in [1.29, 1.82) is 0 Å². The van der Waals surface area contributed by atoms with Gasteiger partial charge in [0.15, 0.2) is 16.6 Å². The number of nitrogens with zero attached hydrogens (tertiary/aromatic N) is 2. The highest BCUT2D eigenvalue weighted by Crippen LogP contribution is 2.50. The van der Waals surface area contributed by atoms with Crippen molar-refractivity contribution in [2.75, 3.05) is 26.2 Å². The largest absolute Gasteiger partial charge is 0.452 e. The van der Waals surface area contributed by atoms with Gasteiger partial charge in [0.05, 0.1) is 10.9 Å². The van der Waals surface area contributed by atoms with Crippen molar-refractivity contribution in [3.8, 4) is 0 Å². The molecule has 0 spiro atoms. The molecule has 47 heavy (non-hydrogen) atoms. The van der Waals surface area contributed by atoms with Crippen molar-refractivity contribution in [3.63, 3.8) is 0 Å². The molecule has 6 aromatic rings. The molecular formula is C39H38FN3O4. The molecule has 0 radical (unpaired) electrons. The molecule has 2 aliphatic carbocycles. The summed E-state index contributed by atoms with van der Waals surface area (Å²) in [6.07, 6.45) is 11.7. The van der Waals surface area contributed by atoms with Crippen molar-refractivity contribution in [1.82, 2.24) is 14.6 Å². The summed E-state index contributed by atoms with van der Waals surface area (Å²) in [7, 11) is 0. The van der Waals surface area contributed by atoms with E-state index in [2.05, 4.69) is 10.2 Å². The number of pyridine rings is 1. The molecule has 1 amide bonds. The Bertz CT molecular complexity index is 2320. The number of aromatic nitrogens is 1. The van der Waals surface area contributed by atoms with E-state index in [-0.39, 0.29) is 22.3 Å². The Morgan fingerprint density at radius 1 is 0.851 bits per heavy atom. The average Bonchev–Trinajstić information content (AvgIpc) is 3.76. The molecule has 2 unspecified atom stereocenters. The van der Waals surface area contributed by atoms with Crippen molar-refractivity contribution >= 4 is 55.0 Å². The molecule has 4 aromatic carbocycles. The van der Waals surface area contributed by atoms with Crippen LogP contribution in [0, 0.1) is 17.7 Å². The van der Waals surface area contributed by atoms with Gasteiger partial charge in [-0.05, 0) is 85.5 Å². The average molecular weight is 632 g/mol. The van der Waals surface area contributed by atoms with E-state index in [0.717, 1.165) is 56.1 Å². The maximum Gasteiger partial charge on any atom is 0.256 e. The lowest BCUT2D eigenvalue weighted by Crippen LogP contribution is -2.35. The molecule has 3 aliphatic rings. The summed E-state index contributed by atoms with van der Waals surface area (Å²) in [5.41, 5.74) is 1.76. The number of hydrogen-bond donors (Lipinski definition) is 1. The van der Waals surface area contributed by atoms with Gasteiger partial charge in [-0.15, -0.1) is 0 Å². The first-order valence-electron chi connectivity index (χ1n) is 17.4. The summed E-state index contributed by atoms with van der Waals surface area (Å²) in [6.45, 7) is 3.16. The Labute approximate surface area is 270 Å². The van der Waals surface area contributed by atoms with E-state index in [1.807, 2.05) is 34.7 Å². The predicted molar refractivity (Wildman–Crippen MR) is 183 cm³/mol. The normalized spacial score (nSPS) is 22.2. The second-order valence-electron chi connectivity index (χ2n) is 14.2. The van der Waals surface area contributed by atoms with Gasteiger partial charge in [-0.2, -0.15) is 0 Å². The Morgan fingerprint density at radius 2 is 1.60 bits per heavy atom. The molecule has 9 rings (SSSR count). The molecule has 1 saturated heterocycles. The minimum atomic E-state index is -0.507. The van der Waals surface area contributed by atoms with Crippen LogP contribution in [0.15, 0.2) is 62.7 Å². The van der Waals surface area contributed by atoms with Crippen LogP contribution < -0.4 is 16.2 Å². The second-order valence-corrected chi connectivity index (χ2v) is 14.2. The first kappa shape index (κ1) is 28.9. The monoisotopic (exact) mass is 631 g/mol. The lowest BCUT2D eigenvalue weighted by molar-refractivity contribution is 0.0948. The number of amides is 1. The van der Waals surface area contributed by atoms with E-state index in [0.29, 0.717) is 56.9 Å². The van der Waals surface area contributed by atoms with Gasteiger partial charge in [-0.1, -0.05) is 56.4 Å². The van der Waals surface area contributed by atoms with Crippen molar-refractivity contribution in [2.24, 2.45) is 11.8 Å². The number of benzene rings is 3. The highest BCUT2D eigenvalue weighted by atomic mass is 19.1. The fraction of sp³-hybridized carbons (Fsp3) is 0.410. The zero-order valence-corrected chi connectivity index (χ0v) is 26.4. The highest BCUT2D eigenvalue weighted by molar-refractivity contribution is 6.15. The van der Waals surface area contributed by atoms with Crippen LogP contribution in [0.4, 0.5) is 4.39 Å². The predicted octanol–water partition coefficient (Wildman–Crippen LogP) is 7.34. The Balaban J connectivity index is 1.27. The van der Waals surface area contributed by atoms with Gasteiger partial charge in [0.1, 0.15) is 16.9 Å². The number of fused-ring (bicyclic) bond motifs is 6. The van der Waals surface area contributed by atoms with Gasteiger partial charge in [0, 0.05) is 35.6 Å². The fourth-order valence-electron chi connectivity index (χ4n) is 9.27. The Kier molecular flexibility index (Phi) is 6.85. The Hall–Kier alpha value is -4.30. The third-order valence-corrected chi connectivity index (χ3v) is 11.6. The maximum absolute atomic E-state index is 16.5. The van der Waals surface area contributed by atoms with Gasteiger partial charge in [-0.3, -0.25) is 14.4 Å². The smallest absolute Gasteiger partial charge is 0.256 e. The lowest BCUT2D eigenvalue weighted by Gasteiger charge is -2.19. The zero-order valence-electron chi connectivity index (χ0n) is 26.4. The second kappa shape index (κ2) is 11.2. The zero-order chi connectivity index (χ0) is 31.8. The summed E-state index contributed by atoms with van der Waals surface area (Å²) in [5, 5.41) is 5.84. The van der Waals surface area contributed by atoms with Crippen LogP contribution in [0.1, 0.15) is 79.6 Å². The van der Waals surface area contributed by atoms with Crippen LogP contribution in [-0.4, -0.2) is 41.4 Å². The van der Waals surface area contributed by atoms with E-state index in [1.54, 1.807) is 12.3 Å². The van der Waals surface area contributed by atoms with E-state index < -0.39 is 17.2 Å². The van der Waals surface area contributed by atoms with Crippen molar-refractivity contribution in [3.05, 3.63) is 86.1 Å². The van der Waals surface area contributed by atoms with Crippen molar-refractivity contribution in [2.45, 2.75) is 63.7 Å². The minimum absolute atomic E-state index is 0.0264. The van der Waals surface area contributed by atoms with Gasteiger partial charge in [0.2, 0.25) is 5.43 Å². The highest BCUT2D eigenvalue weighted by Gasteiger charge is 2.38. The van der Waals surface area contributed by atoms with Crippen LogP contribution in [0.3, 0.4) is 0 Å². The number of halogens is 1. The molecule has 1 N–H and O–H groups in total. The topological polar surface area (TPSA) is 84.0 Å². The molecular weight excluding hydrogens is 593 g/mol. The summed E-state index contributed by atoms with van der Waals surface area (Å²) in [5.74, 6) is 0.165. The van der Waals surface area contributed by atoms with E-state index in [9.17, 15) is 14.4 Å². The van der Waals surface area contributed by atoms with E-state index in [1.165, 1.54) is 38.2 Å². The quantitative estimate of drug-likeness (QED) is 0.159. The molecule has 2 aromatic heterocycles. The molecule has 8 heteroatoms. The maximum atomic E-state index is 16.5. The summed E-state index contributed by atoms with van der Waals surface area (Å²) >= 11 is 0.